The van der Waals surface area contributed by atoms with Gasteiger partial charge in [-0.1, -0.05) is 30.3 Å². The number of hydrogen-bond acceptors (Lipinski definition) is 6. The van der Waals surface area contributed by atoms with Gasteiger partial charge in [0.25, 0.3) is 0 Å². The first kappa shape index (κ1) is 29.6. The molecule has 0 saturated heterocycles. The van der Waals surface area contributed by atoms with E-state index in [1.165, 1.54) is 24.0 Å². The van der Waals surface area contributed by atoms with E-state index < -0.39 is 12.0 Å². The Kier molecular flexibility index (Phi) is 10.6. The monoisotopic (exact) mass is 547 g/mol. The molecule has 0 saturated carbocycles. The first-order chi connectivity index (χ1) is 19.2. The summed E-state index contributed by atoms with van der Waals surface area (Å²) in [5.74, 6) is -1.33. The molecule has 0 bridgehead atoms. The van der Waals surface area contributed by atoms with Crippen LogP contribution in [0.4, 0.5) is 16.2 Å². The van der Waals surface area contributed by atoms with Gasteiger partial charge >= 0.3 is 12.0 Å². The minimum Gasteiger partial charge on any atom is -0.495 e. The average Bonchev–Trinajstić information content (AvgIpc) is 2.93. The molecule has 3 N–H and O–H groups in total. The first-order valence-corrected chi connectivity index (χ1v) is 12.6. The number of nitrogens with one attached hydrogen (secondary N) is 2. The lowest BCUT2D eigenvalue weighted by molar-refractivity contribution is -0.141. The fraction of sp³-hybridized carbons (Fsp3) is 0.276. The molecule has 0 unspecified atom stereocenters. The molecule has 3 rings (SSSR count). The fourth-order valence-corrected chi connectivity index (χ4v) is 3.87. The molecule has 0 atom stereocenters. The highest BCUT2D eigenvalue weighted by molar-refractivity contribution is 6.01. The molecule has 11 heteroatoms. The second kappa shape index (κ2) is 14.3. The number of pyridine rings is 1. The molecule has 3 aromatic rings. The highest BCUT2D eigenvalue weighted by Gasteiger charge is 2.20. The Morgan fingerprint density at radius 1 is 0.950 bits per heavy atom. The molecule has 4 amide bonds. The van der Waals surface area contributed by atoms with E-state index in [-0.39, 0.29) is 44.3 Å². The zero-order valence-corrected chi connectivity index (χ0v) is 22.7. The van der Waals surface area contributed by atoms with E-state index in [2.05, 4.69) is 15.6 Å². The van der Waals surface area contributed by atoms with Gasteiger partial charge in [-0.25, -0.2) is 4.79 Å². The number of aliphatic carboxylic acids is 1. The van der Waals surface area contributed by atoms with Crippen LogP contribution in [-0.2, 0) is 27.3 Å². The van der Waals surface area contributed by atoms with Crippen LogP contribution in [0, 0.1) is 6.92 Å². The van der Waals surface area contributed by atoms with Crippen molar-refractivity contribution in [2.45, 2.75) is 26.3 Å². The van der Waals surface area contributed by atoms with Crippen LogP contribution in [0.15, 0.2) is 67.0 Å². The van der Waals surface area contributed by atoms with E-state index in [1.807, 2.05) is 25.1 Å². The number of nitrogens with zero attached hydrogens (tertiary/aromatic N) is 3. The smallest absolute Gasteiger partial charge is 0.323 e. The van der Waals surface area contributed by atoms with Crippen molar-refractivity contribution in [3.05, 3.63) is 83.7 Å². The third-order valence-electron chi connectivity index (χ3n) is 6.11. The van der Waals surface area contributed by atoms with Gasteiger partial charge in [0.2, 0.25) is 11.8 Å². The first-order valence-electron chi connectivity index (χ1n) is 12.6. The molecule has 0 aliphatic heterocycles. The molecular weight excluding hydrogens is 514 g/mol. The van der Waals surface area contributed by atoms with Gasteiger partial charge in [-0.05, 0) is 47.9 Å². The van der Waals surface area contributed by atoms with E-state index in [0.29, 0.717) is 22.7 Å². The predicted molar refractivity (Wildman–Crippen MR) is 150 cm³/mol. The van der Waals surface area contributed by atoms with Crippen molar-refractivity contribution in [3.63, 3.8) is 0 Å². The van der Waals surface area contributed by atoms with Crippen LogP contribution in [0.3, 0.4) is 0 Å². The van der Waals surface area contributed by atoms with Crippen molar-refractivity contribution in [2.24, 2.45) is 0 Å². The maximum absolute atomic E-state index is 13.0. The largest absolute Gasteiger partial charge is 0.495 e. The van der Waals surface area contributed by atoms with Gasteiger partial charge in [0.05, 0.1) is 32.2 Å². The highest BCUT2D eigenvalue weighted by atomic mass is 16.5. The van der Waals surface area contributed by atoms with Gasteiger partial charge < -0.3 is 30.3 Å². The van der Waals surface area contributed by atoms with Gasteiger partial charge in [0, 0.05) is 38.2 Å². The minimum absolute atomic E-state index is 0.00639. The molecule has 0 aliphatic rings. The van der Waals surface area contributed by atoms with E-state index in [0.717, 1.165) is 11.1 Å². The maximum atomic E-state index is 13.0. The zero-order chi connectivity index (χ0) is 29.1. The molecule has 1 aromatic heterocycles. The summed E-state index contributed by atoms with van der Waals surface area (Å²) in [7, 11) is 2.98. The number of aromatic nitrogens is 1. The van der Waals surface area contributed by atoms with Crippen LogP contribution < -0.4 is 15.4 Å². The molecule has 210 valence electrons. The van der Waals surface area contributed by atoms with Crippen molar-refractivity contribution in [1.82, 2.24) is 14.8 Å². The minimum atomic E-state index is -1.02. The number of ether oxygens (including phenoxy) is 1. The number of urea groups is 1. The number of para-hydroxylation sites is 1. The number of hydrogen-bond donors (Lipinski definition) is 3. The molecular formula is C29H33N5O6. The summed E-state index contributed by atoms with van der Waals surface area (Å²) in [6.45, 7) is 1.87. The van der Waals surface area contributed by atoms with Crippen molar-refractivity contribution in [2.75, 3.05) is 37.9 Å². The summed E-state index contributed by atoms with van der Waals surface area (Å²) in [5.41, 5.74) is 3.41. The second-order valence-electron chi connectivity index (χ2n) is 9.18. The van der Waals surface area contributed by atoms with E-state index in [1.54, 1.807) is 48.8 Å². The molecule has 11 nitrogen and oxygen atoms in total. The normalized spacial score (nSPS) is 10.4. The number of aryl methyl sites for hydroxylation is 1. The van der Waals surface area contributed by atoms with Crippen LogP contribution in [0.1, 0.15) is 23.1 Å². The molecule has 40 heavy (non-hydrogen) atoms. The molecule has 0 fully saturated rings. The van der Waals surface area contributed by atoms with E-state index >= 15 is 0 Å². The van der Waals surface area contributed by atoms with Gasteiger partial charge in [0.1, 0.15) is 5.75 Å². The lowest BCUT2D eigenvalue weighted by Crippen LogP contribution is -2.42. The molecule has 0 radical (unpaired) electrons. The number of rotatable bonds is 12. The number of methoxy groups -OCH3 is 1. The van der Waals surface area contributed by atoms with E-state index in [9.17, 15) is 19.2 Å². The third kappa shape index (κ3) is 8.83. The SMILES string of the molecule is COc1cc(CC(=O)N(C)CC(=O)N(CCC(=O)O)Cc2cccnc2)ccc1NC(=O)Nc1ccccc1C. The predicted octanol–water partition coefficient (Wildman–Crippen LogP) is 3.55. The molecule has 2 aromatic carbocycles. The van der Waals surface area contributed by atoms with Crippen molar-refractivity contribution < 1.29 is 29.0 Å². The maximum Gasteiger partial charge on any atom is 0.323 e. The average molecular weight is 548 g/mol. The van der Waals surface area contributed by atoms with E-state index in [4.69, 9.17) is 9.84 Å². The summed E-state index contributed by atoms with van der Waals surface area (Å²) in [6.07, 6.45) is 2.99. The summed E-state index contributed by atoms with van der Waals surface area (Å²) in [4.78, 5) is 56.2. The number of carboxylic acid groups (broad SMARTS) is 1. The van der Waals surface area contributed by atoms with Crippen LogP contribution in [0.25, 0.3) is 0 Å². The summed E-state index contributed by atoms with van der Waals surface area (Å²) >= 11 is 0. The van der Waals surface area contributed by atoms with Crippen LogP contribution in [-0.4, -0.2) is 71.0 Å². The summed E-state index contributed by atoms with van der Waals surface area (Å²) in [5, 5.41) is 14.6. The van der Waals surface area contributed by atoms with Crippen molar-refractivity contribution in [3.8, 4) is 5.75 Å². The molecule has 0 aliphatic carbocycles. The zero-order valence-electron chi connectivity index (χ0n) is 22.7. The lowest BCUT2D eigenvalue weighted by atomic mass is 10.1. The number of carbonyl (C=O) groups excluding carboxylic acids is 3. The fourth-order valence-electron chi connectivity index (χ4n) is 3.87. The number of carbonyl (C=O) groups is 4. The summed E-state index contributed by atoms with van der Waals surface area (Å²) < 4.78 is 5.42. The van der Waals surface area contributed by atoms with Gasteiger partial charge in [0.15, 0.2) is 0 Å². The summed E-state index contributed by atoms with van der Waals surface area (Å²) in [6, 6.07) is 15.5. The van der Waals surface area contributed by atoms with Gasteiger partial charge in [-0.15, -0.1) is 0 Å². The number of anilines is 2. The van der Waals surface area contributed by atoms with Crippen LogP contribution >= 0.6 is 0 Å². The Balaban J connectivity index is 1.61. The van der Waals surface area contributed by atoms with Gasteiger partial charge in [-0.2, -0.15) is 0 Å². The van der Waals surface area contributed by atoms with Crippen LogP contribution in [0.5, 0.6) is 5.75 Å². The number of amides is 4. The Morgan fingerprint density at radius 2 is 1.70 bits per heavy atom. The Hall–Kier alpha value is -4.93. The number of carboxylic acids is 1. The van der Waals surface area contributed by atoms with Crippen molar-refractivity contribution >= 4 is 35.2 Å². The Morgan fingerprint density at radius 3 is 2.38 bits per heavy atom. The van der Waals surface area contributed by atoms with Gasteiger partial charge in [-0.3, -0.25) is 19.4 Å². The Bertz CT molecular complexity index is 1350. The molecule has 0 spiro atoms. The quantitative estimate of drug-likeness (QED) is 0.315. The number of likely N-dealkylation sites (N-methyl/N-ethyl adjacent to an activating group) is 1. The second-order valence-corrected chi connectivity index (χ2v) is 9.18. The highest BCUT2D eigenvalue weighted by Crippen LogP contribution is 2.26. The van der Waals surface area contributed by atoms with Crippen molar-refractivity contribution in [1.29, 1.82) is 0 Å². The third-order valence-corrected chi connectivity index (χ3v) is 6.11. The van der Waals surface area contributed by atoms with Crippen LogP contribution in [0.2, 0.25) is 0 Å². The Labute approximate surface area is 232 Å². The standard InChI is InChI=1S/C29H33N5O6/c1-20-7-4-5-9-23(20)31-29(39)32-24-11-10-21(15-25(24)40-3)16-26(35)33(2)19-27(36)34(14-12-28(37)38)18-22-8-6-13-30-17-22/h4-11,13,15,17H,12,14,16,18-19H2,1-3H3,(H,37,38)(H2,31,32,39). The topological polar surface area (TPSA) is 141 Å². The number of benzene rings is 2. The lowest BCUT2D eigenvalue weighted by Gasteiger charge is -2.25. The molecule has 1 heterocycles.